The number of fused-ring (bicyclic) bond motifs is 2. The number of hydrogen-bond acceptors (Lipinski definition) is 2. The van der Waals surface area contributed by atoms with Gasteiger partial charge in [0, 0.05) is 12.0 Å². The minimum atomic E-state index is 0.413. The van der Waals surface area contributed by atoms with Gasteiger partial charge >= 0.3 is 0 Å². The largest absolute Gasteiger partial charge is 0.372 e. The maximum atomic E-state index is 5.55. The molecule has 0 aromatic heterocycles. The fourth-order valence-electron chi connectivity index (χ4n) is 3.69. The fraction of sp³-hybridized carbons (Fsp3) is 0.368. The maximum absolute atomic E-state index is 5.55. The molecule has 0 radical (unpaired) electrons. The van der Waals surface area contributed by atoms with Crippen molar-refractivity contribution in [3.63, 3.8) is 0 Å². The Balaban J connectivity index is 1.67. The van der Waals surface area contributed by atoms with Crippen molar-refractivity contribution in [2.24, 2.45) is 0 Å². The van der Waals surface area contributed by atoms with E-state index in [0.29, 0.717) is 12.0 Å². The summed E-state index contributed by atoms with van der Waals surface area (Å²) in [7, 11) is 0. The van der Waals surface area contributed by atoms with Crippen LogP contribution >= 0.6 is 0 Å². The molecule has 1 aliphatic heterocycles. The minimum Gasteiger partial charge on any atom is -0.372 e. The molecular formula is C19H21NO. The summed E-state index contributed by atoms with van der Waals surface area (Å²) in [4.78, 5) is 0. The topological polar surface area (TPSA) is 21.3 Å². The van der Waals surface area contributed by atoms with Gasteiger partial charge in [0.05, 0.1) is 13.2 Å². The van der Waals surface area contributed by atoms with Crippen LogP contribution in [-0.2, 0) is 24.4 Å². The van der Waals surface area contributed by atoms with E-state index >= 15 is 0 Å². The molecule has 1 N–H and O–H groups in total. The van der Waals surface area contributed by atoms with Crippen molar-refractivity contribution in [1.29, 1.82) is 0 Å². The second kappa shape index (κ2) is 5.28. The van der Waals surface area contributed by atoms with Crippen molar-refractivity contribution in [2.45, 2.75) is 38.5 Å². The van der Waals surface area contributed by atoms with Crippen molar-refractivity contribution >= 4 is 0 Å². The first-order chi connectivity index (χ1) is 10.4. The number of ether oxygens (including phenoxy) is 1. The highest BCUT2D eigenvalue weighted by Gasteiger charge is 2.33. The molecule has 0 saturated heterocycles. The first kappa shape index (κ1) is 13.1. The predicted octanol–water partition coefficient (Wildman–Crippen LogP) is 3.71. The van der Waals surface area contributed by atoms with Gasteiger partial charge in [0.15, 0.2) is 0 Å². The van der Waals surface area contributed by atoms with Crippen LogP contribution in [0.25, 0.3) is 0 Å². The zero-order valence-corrected chi connectivity index (χ0v) is 12.4. The molecule has 2 heteroatoms. The van der Waals surface area contributed by atoms with Gasteiger partial charge in [0.25, 0.3) is 0 Å². The molecule has 0 spiro atoms. The lowest BCUT2D eigenvalue weighted by atomic mass is 9.71. The third-order valence-electron chi connectivity index (χ3n) is 4.83. The lowest BCUT2D eigenvalue weighted by Gasteiger charge is -2.37. The minimum absolute atomic E-state index is 0.413. The van der Waals surface area contributed by atoms with Gasteiger partial charge in [-0.3, -0.25) is 0 Å². The third-order valence-corrected chi connectivity index (χ3v) is 4.83. The quantitative estimate of drug-likeness (QED) is 0.921. The van der Waals surface area contributed by atoms with Gasteiger partial charge in [-0.15, -0.1) is 0 Å². The van der Waals surface area contributed by atoms with Crippen LogP contribution in [0.2, 0.25) is 0 Å². The van der Waals surface area contributed by atoms with E-state index in [1.807, 2.05) is 0 Å². The smallest absolute Gasteiger partial charge is 0.0725 e. The summed E-state index contributed by atoms with van der Waals surface area (Å²) in [5, 5.41) is 3.69. The zero-order valence-electron chi connectivity index (χ0n) is 12.4. The molecule has 2 atom stereocenters. The molecule has 0 amide bonds. The van der Waals surface area contributed by atoms with Gasteiger partial charge in [-0.25, -0.2) is 0 Å². The second-order valence-electron chi connectivity index (χ2n) is 6.07. The molecule has 0 saturated carbocycles. The molecule has 0 bridgehead atoms. The molecule has 0 fully saturated rings. The average Bonchev–Trinajstić information content (AvgIpc) is 2.95. The highest BCUT2D eigenvalue weighted by atomic mass is 16.5. The zero-order chi connectivity index (χ0) is 14.2. The van der Waals surface area contributed by atoms with Crippen molar-refractivity contribution in [3.8, 4) is 0 Å². The van der Waals surface area contributed by atoms with Crippen molar-refractivity contribution in [1.82, 2.24) is 5.32 Å². The highest BCUT2D eigenvalue weighted by molar-refractivity contribution is 5.44. The molecule has 21 heavy (non-hydrogen) atoms. The Morgan fingerprint density at radius 1 is 1.10 bits per heavy atom. The Labute approximate surface area is 126 Å². The molecule has 4 rings (SSSR count). The van der Waals surface area contributed by atoms with Crippen molar-refractivity contribution in [2.75, 3.05) is 6.54 Å². The van der Waals surface area contributed by atoms with E-state index in [0.717, 1.165) is 19.8 Å². The summed E-state index contributed by atoms with van der Waals surface area (Å²) in [5.74, 6) is 0.599. The molecule has 2 unspecified atom stereocenters. The fourth-order valence-corrected chi connectivity index (χ4v) is 3.69. The van der Waals surface area contributed by atoms with Crippen LogP contribution in [0.1, 0.15) is 46.7 Å². The first-order valence-electron chi connectivity index (χ1n) is 7.87. The van der Waals surface area contributed by atoms with Crippen molar-refractivity contribution in [3.05, 3.63) is 70.3 Å². The Morgan fingerprint density at radius 3 is 2.81 bits per heavy atom. The number of likely N-dealkylation sites (N-methyl/N-ethyl adjacent to an activating group) is 1. The van der Waals surface area contributed by atoms with Crippen molar-refractivity contribution < 1.29 is 4.74 Å². The van der Waals surface area contributed by atoms with Crippen LogP contribution in [-0.4, -0.2) is 6.54 Å². The number of rotatable bonds is 4. The van der Waals surface area contributed by atoms with Crippen LogP contribution < -0.4 is 5.32 Å². The highest BCUT2D eigenvalue weighted by Crippen LogP contribution is 2.43. The van der Waals surface area contributed by atoms with E-state index in [4.69, 9.17) is 4.74 Å². The monoisotopic (exact) mass is 279 g/mol. The molecule has 108 valence electrons. The van der Waals surface area contributed by atoms with Gasteiger partial charge in [-0.2, -0.15) is 0 Å². The van der Waals surface area contributed by atoms with E-state index in [1.54, 1.807) is 0 Å². The summed E-state index contributed by atoms with van der Waals surface area (Å²) in [5.41, 5.74) is 7.14. The Bertz CT molecular complexity index is 664. The lowest BCUT2D eigenvalue weighted by Crippen LogP contribution is -2.33. The SMILES string of the molecule is CCNC(c1ccc2c(c1)COC2)C1Cc2ccccc21. The Morgan fingerprint density at radius 2 is 1.95 bits per heavy atom. The average molecular weight is 279 g/mol. The predicted molar refractivity (Wildman–Crippen MR) is 84.2 cm³/mol. The number of benzene rings is 2. The summed E-state index contributed by atoms with van der Waals surface area (Å²) in [6, 6.07) is 16.1. The van der Waals surface area contributed by atoms with Gasteiger partial charge in [0.1, 0.15) is 0 Å². The summed E-state index contributed by atoms with van der Waals surface area (Å²) in [6.45, 7) is 4.72. The van der Waals surface area contributed by atoms with E-state index < -0.39 is 0 Å². The number of nitrogens with one attached hydrogen (secondary N) is 1. The van der Waals surface area contributed by atoms with E-state index in [1.165, 1.54) is 34.2 Å². The number of hydrogen-bond donors (Lipinski definition) is 1. The maximum Gasteiger partial charge on any atom is 0.0725 e. The van der Waals surface area contributed by atoms with Crippen LogP contribution in [0.3, 0.4) is 0 Å². The molecule has 2 aromatic carbocycles. The standard InChI is InChI=1S/C19H21NO/c1-2-20-19(18-10-13-5-3-4-6-17(13)18)14-7-8-15-11-21-12-16(15)9-14/h3-9,18-20H,2,10-12H2,1H3. The normalized spacial score (nSPS) is 20.5. The van der Waals surface area contributed by atoms with E-state index in [9.17, 15) is 0 Å². The lowest BCUT2D eigenvalue weighted by molar-refractivity contribution is 0.134. The molecule has 1 aliphatic carbocycles. The first-order valence-corrected chi connectivity index (χ1v) is 7.87. The summed E-state index contributed by atoms with van der Waals surface area (Å²) >= 11 is 0. The van der Waals surface area contributed by atoms with Crippen LogP contribution in [0.5, 0.6) is 0 Å². The van der Waals surface area contributed by atoms with E-state index in [-0.39, 0.29) is 0 Å². The molecule has 1 heterocycles. The molecule has 2 aromatic rings. The van der Waals surface area contributed by atoms with Gasteiger partial charge in [-0.05, 0) is 40.8 Å². The van der Waals surface area contributed by atoms with Gasteiger partial charge in [-0.1, -0.05) is 49.4 Å². The van der Waals surface area contributed by atoms with Crippen LogP contribution in [0, 0.1) is 0 Å². The van der Waals surface area contributed by atoms with Gasteiger partial charge < -0.3 is 10.1 Å². The molecule has 2 aliphatic rings. The Kier molecular flexibility index (Phi) is 3.28. The van der Waals surface area contributed by atoms with Crippen LogP contribution in [0.4, 0.5) is 0 Å². The van der Waals surface area contributed by atoms with Gasteiger partial charge in [0.2, 0.25) is 0 Å². The van der Waals surface area contributed by atoms with Crippen LogP contribution in [0.15, 0.2) is 42.5 Å². The third kappa shape index (κ3) is 2.19. The molecule has 2 nitrogen and oxygen atoms in total. The molecular weight excluding hydrogens is 258 g/mol. The van der Waals surface area contributed by atoms with E-state index in [2.05, 4.69) is 54.7 Å². The Hall–Kier alpha value is -1.64. The summed E-state index contributed by atoms with van der Waals surface area (Å²) < 4.78 is 5.55. The summed E-state index contributed by atoms with van der Waals surface area (Å²) in [6.07, 6.45) is 1.18. The second-order valence-corrected chi connectivity index (χ2v) is 6.07.